The Kier molecular flexibility index (Phi) is 5.75. The Hall–Kier alpha value is -2.58. The lowest BCUT2D eigenvalue weighted by molar-refractivity contribution is -0.115. The summed E-state index contributed by atoms with van der Waals surface area (Å²) in [4.78, 5) is 28.5. The van der Waals surface area contributed by atoms with Gasteiger partial charge in [0.1, 0.15) is 11.5 Å². The van der Waals surface area contributed by atoms with Gasteiger partial charge in [0.25, 0.3) is 5.91 Å². The summed E-state index contributed by atoms with van der Waals surface area (Å²) in [5.74, 6) is 0.779. The van der Waals surface area contributed by atoms with E-state index >= 15 is 0 Å². The number of carbonyl (C=O) groups is 2. The summed E-state index contributed by atoms with van der Waals surface area (Å²) < 4.78 is 5.74. The van der Waals surface area contributed by atoms with Crippen LogP contribution in [-0.4, -0.2) is 22.6 Å². The fraction of sp³-hybridized carbons (Fsp3) is 0.167. The minimum atomic E-state index is -0.425. The molecule has 0 bridgehead atoms. The van der Waals surface area contributed by atoms with Crippen molar-refractivity contribution in [2.75, 3.05) is 5.75 Å². The van der Waals surface area contributed by atoms with Crippen molar-refractivity contribution < 1.29 is 14.0 Å². The number of aromatic nitrogens is 1. The molecule has 2 amide bonds. The van der Waals surface area contributed by atoms with Gasteiger partial charge in [0.05, 0.1) is 22.9 Å². The first kappa shape index (κ1) is 18.2. The molecule has 0 saturated heterocycles. The second-order valence-corrected chi connectivity index (χ2v) is 7.53. The van der Waals surface area contributed by atoms with Crippen LogP contribution in [0.4, 0.5) is 0 Å². The maximum Gasteiger partial charge on any atom is 0.252 e. The summed E-state index contributed by atoms with van der Waals surface area (Å²) in [6.45, 7) is 2.20. The molecule has 134 valence electrons. The fourth-order valence-electron chi connectivity index (χ4n) is 2.28. The molecule has 3 aromatic rings. The van der Waals surface area contributed by atoms with Gasteiger partial charge in [0.15, 0.2) is 5.76 Å². The third-order valence-corrected chi connectivity index (χ3v) is 5.33. The molecule has 0 atom stereocenters. The van der Waals surface area contributed by atoms with Crippen LogP contribution in [0.15, 0.2) is 51.1 Å². The van der Waals surface area contributed by atoms with Crippen LogP contribution in [0.2, 0.25) is 0 Å². The van der Waals surface area contributed by atoms with Crippen LogP contribution < -0.4 is 11.1 Å². The largest absolute Gasteiger partial charge is 0.458 e. The van der Waals surface area contributed by atoms with Gasteiger partial charge in [-0.15, -0.1) is 23.1 Å². The van der Waals surface area contributed by atoms with Crippen LogP contribution in [0.5, 0.6) is 0 Å². The van der Waals surface area contributed by atoms with Crippen molar-refractivity contribution in [3.63, 3.8) is 0 Å². The monoisotopic (exact) mass is 387 g/mol. The predicted molar refractivity (Wildman–Crippen MR) is 102 cm³/mol. The molecule has 3 rings (SSSR count). The zero-order valence-electron chi connectivity index (χ0n) is 14.0. The van der Waals surface area contributed by atoms with Crippen molar-refractivity contribution >= 4 is 34.9 Å². The van der Waals surface area contributed by atoms with Crippen molar-refractivity contribution in [1.29, 1.82) is 0 Å². The molecule has 1 aromatic carbocycles. The minimum absolute atomic E-state index is 0.124. The number of hydrogen-bond acceptors (Lipinski definition) is 6. The lowest BCUT2D eigenvalue weighted by Gasteiger charge is -2.08. The van der Waals surface area contributed by atoms with E-state index in [9.17, 15) is 9.59 Å². The number of benzene rings is 1. The van der Waals surface area contributed by atoms with Gasteiger partial charge in [-0.3, -0.25) is 9.59 Å². The summed E-state index contributed by atoms with van der Waals surface area (Å²) in [6, 6.07) is 10.8. The summed E-state index contributed by atoms with van der Waals surface area (Å²) in [5, 5.41) is 5.74. The van der Waals surface area contributed by atoms with E-state index in [0.717, 1.165) is 10.7 Å². The molecule has 6 nitrogen and oxygen atoms in total. The van der Waals surface area contributed by atoms with E-state index in [1.165, 1.54) is 11.8 Å². The number of thioether (sulfide) groups is 1. The molecule has 26 heavy (non-hydrogen) atoms. The van der Waals surface area contributed by atoms with Crippen molar-refractivity contribution in [2.45, 2.75) is 18.4 Å². The van der Waals surface area contributed by atoms with Gasteiger partial charge in [0.2, 0.25) is 5.91 Å². The average molecular weight is 387 g/mol. The molecule has 0 aliphatic carbocycles. The first-order valence-electron chi connectivity index (χ1n) is 7.82. The van der Waals surface area contributed by atoms with E-state index in [1.54, 1.807) is 29.5 Å². The Bertz CT molecular complexity index is 933. The SMILES string of the molecule is Cc1nc(-c2ccc(CNC(=O)c3ccccc3SCC(N)=O)o2)cs1. The maximum absolute atomic E-state index is 12.5. The van der Waals surface area contributed by atoms with Crippen molar-refractivity contribution in [3.8, 4) is 11.5 Å². The van der Waals surface area contributed by atoms with Gasteiger partial charge < -0.3 is 15.5 Å². The standard InChI is InChI=1S/C18H17N3O3S2/c1-11-21-14(9-25-11)15-7-6-12(24-15)8-20-18(23)13-4-2-3-5-16(13)26-10-17(19)22/h2-7,9H,8,10H2,1H3,(H2,19,22)(H,20,23). The quantitative estimate of drug-likeness (QED) is 0.607. The number of carbonyl (C=O) groups excluding carboxylic acids is 2. The van der Waals surface area contributed by atoms with E-state index < -0.39 is 5.91 Å². The van der Waals surface area contributed by atoms with E-state index in [-0.39, 0.29) is 18.2 Å². The number of nitrogens with two attached hydrogens (primary N) is 1. The van der Waals surface area contributed by atoms with Crippen LogP contribution >= 0.6 is 23.1 Å². The first-order valence-corrected chi connectivity index (χ1v) is 9.69. The summed E-state index contributed by atoms with van der Waals surface area (Å²) in [5.41, 5.74) is 6.47. The number of hydrogen-bond donors (Lipinski definition) is 2. The van der Waals surface area contributed by atoms with E-state index in [2.05, 4.69) is 10.3 Å². The lowest BCUT2D eigenvalue weighted by Crippen LogP contribution is -2.23. The molecular formula is C18H17N3O3S2. The highest BCUT2D eigenvalue weighted by atomic mass is 32.2. The predicted octanol–water partition coefficient (Wildman–Crippen LogP) is 3.22. The molecule has 2 heterocycles. The van der Waals surface area contributed by atoms with Crippen molar-refractivity contribution in [1.82, 2.24) is 10.3 Å². The third kappa shape index (κ3) is 4.53. The highest BCUT2D eigenvalue weighted by Crippen LogP contribution is 2.24. The highest BCUT2D eigenvalue weighted by molar-refractivity contribution is 8.00. The highest BCUT2D eigenvalue weighted by Gasteiger charge is 2.13. The van der Waals surface area contributed by atoms with Crippen LogP contribution in [-0.2, 0) is 11.3 Å². The number of aryl methyl sites for hydroxylation is 1. The van der Waals surface area contributed by atoms with Gasteiger partial charge >= 0.3 is 0 Å². The zero-order chi connectivity index (χ0) is 18.5. The number of amides is 2. The molecule has 2 aromatic heterocycles. The summed E-state index contributed by atoms with van der Waals surface area (Å²) in [6.07, 6.45) is 0. The first-order chi connectivity index (χ1) is 12.5. The number of nitrogens with zero attached hydrogens (tertiary/aromatic N) is 1. The molecule has 0 fully saturated rings. The fourth-order valence-corrected chi connectivity index (χ4v) is 3.67. The second-order valence-electron chi connectivity index (χ2n) is 5.45. The minimum Gasteiger partial charge on any atom is -0.458 e. The molecule has 0 aliphatic rings. The Morgan fingerprint density at radius 3 is 2.81 bits per heavy atom. The molecular weight excluding hydrogens is 370 g/mol. The van der Waals surface area contributed by atoms with Gasteiger partial charge in [-0.25, -0.2) is 4.98 Å². The lowest BCUT2D eigenvalue weighted by atomic mass is 10.2. The van der Waals surface area contributed by atoms with Gasteiger partial charge in [-0.2, -0.15) is 0 Å². The van der Waals surface area contributed by atoms with Crippen LogP contribution in [0.25, 0.3) is 11.5 Å². The van der Waals surface area contributed by atoms with Crippen LogP contribution in [0, 0.1) is 6.92 Å². The summed E-state index contributed by atoms with van der Waals surface area (Å²) in [7, 11) is 0. The molecule has 0 spiro atoms. The Balaban J connectivity index is 1.64. The normalized spacial score (nSPS) is 10.7. The van der Waals surface area contributed by atoms with Crippen molar-refractivity contribution in [2.24, 2.45) is 5.73 Å². The van der Waals surface area contributed by atoms with Gasteiger partial charge in [-0.05, 0) is 31.2 Å². The van der Waals surface area contributed by atoms with Gasteiger partial charge in [0, 0.05) is 10.3 Å². The molecule has 8 heteroatoms. The Labute approximate surface area is 158 Å². The Morgan fingerprint density at radius 1 is 1.27 bits per heavy atom. The summed E-state index contributed by atoms with van der Waals surface area (Å²) >= 11 is 2.80. The number of thiazole rings is 1. The van der Waals surface area contributed by atoms with E-state index in [0.29, 0.717) is 22.0 Å². The van der Waals surface area contributed by atoms with Crippen LogP contribution in [0.3, 0.4) is 0 Å². The molecule has 0 aliphatic heterocycles. The third-order valence-electron chi connectivity index (χ3n) is 3.46. The van der Waals surface area contributed by atoms with E-state index in [4.69, 9.17) is 10.2 Å². The molecule has 0 unspecified atom stereocenters. The smallest absolute Gasteiger partial charge is 0.252 e. The number of rotatable bonds is 7. The number of furan rings is 1. The average Bonchev–Trinajstić information content (AvgIpc) is 3.27. The topological polar surface area (TPSA) is 98.2 Å². The molecule has 0 radical (unpaired) electrons. The molecule has 3 N–H and O–H groups in total. The van der Waals surface area contributed by atoms with E-state index in [1.807, 2.05) is 30.5 Å². The van der Waals surface area contributed by atoms with Crippen molar-refractivity contribution in [3.05, 3.63) is 58.1 Å². The molecule has 0 saturated carbocycles. The maximum atomic E-state index is 12.5. The Morgan fingerprint density at radius 2 is 2.08 bits per heavy atom. The van der Waals surface area contributed by atoms with Gasteiger partial charge in [-0.1, -0.05) is 12.1 Å². The second kappa shape index (κ2) is 8.20. The van der Waals surface area contributed by atoms with Crippen LogP contribution in [0.1, 0.15) is 21.1 Å². The number of nitrogens with one attached hydrogen (secondary N) is 1. The number of primary amides is 1. The zero-order valence-corrected chi connectivity index (χ0v) is 15.7.